The van der Waals surface area contributed by atoms with Crippen LogP contribution >= 0.6 is 0 Å². The van der Waals surface area contributed by atoms with Gasteiger partial charge in [0.25, 0.3) is 0 Å². The van der Waals surface area contributed by atoms with Gasteiger partial charge in [-0.05, 0) is 34.5 Å². The molecule has 0 unspecified atom stereocenters. The van der Waals surface area contributed by atoms with E-state index in [1.807, 2.05) is 42.5 Å². The highest BCUT2D eigenvalue weighted by molar-refractivity contribution is 7.00. The first-order valence-corrected chi connectivity index (χ1v) is 10.8. The molecule has 0 spiro atoms. The summed E-state index contributed by atoms with van der Waals surface area (Å²) in [6.07, 6.45) is 0. The van der Waals surface area contributed by atoms with Gasteiger partial charge in [0.05, 0.1) is 0 Å². The fraction of sp³-hybridized carbons (Fsp3) is 0.217. The maximum atomic E-state index is 14.2. The van der Waals surface area contributed by atoms with Gasteiger partial charge in [0.15, 0.2) is 0 Å². The van der Waals surface area contributed by atoms with Crippen LogP contribution in [0.1, 0.15) is 26.3 Å². The molecular weight excluding hydrogens is 339 g/mol. The van der Waals surface area contributed by atoms with E-state index in [0.717, 1.165) is 0 Å². The van der Waals surface area contributed by atoms with Crippen LogP contribution in [0.5, 0.6) is 5.75 Å². The van der Waals surface area contributed by atoms with E-state index in [4.69, 9.17) is 4.43 Å². The summed E-state index contributed by atoms with van der Waals surface area (Å²) in [5.74, 6) is 0.389. The van der Waals surface area contributed by atoms with Crippen LogP contribution in [0.25, 0.3) is 0 Å². The molecular formula is C23H25FOSi. The SMILES string of the molecule is Cc1c(F)cccc1O[Si](c1ccccc1)(c1ccccc1)C(C)(C)C. The predicted molar refractivity (Wildman–Crippen MR) is 109 cm³/mol. The van der Waals surface area contributed by atoms with Crippen LogP contribution in [-0.2, 0) is 0 Å². The largest absolute Gasteiger partial charge is 0.534 e. The second-order valence-electron chi connectivity index (χ2n) is 7.63. The van der Waals surface area contributed by atoms with Crippen molar-refractivity contribution in [3.63, 3.8) is 0 Å². The molecule has 3 heteroatoms. The highest BCUT2D eigenvalue weighted by Crippen LogP contribution is 2.38. The minimum Gasteiger partial charge on any atom is -0.534 e. The van der Waals surface area contributed by atoms with E-state index < -0.39 is 8.32 Å². The quantitative estimate of drug-likeness (QED) is 0.587. The minimum atomic E-state index is -2.71. The van der Waals surface area contributed by atoms with E-state index >= 15 is 0 Å². The summed E-state index contributed by atoms with van der Waals surface area (Å²) in [7, 11) is -2.71. The van der Waals surface area contributed by atoms with Crippen molar-refractivity contribution in [1.82, 2.24) is 0 Å². The number of rotatable bonds is 4. The maximum Gasteiger partial charge on any atom is 0.319 e. The van der Waals surface area contributed by atoms with Gasteiger partial charge in [-0.3, -0.25) is 0 Å². The number of benzene rings is 3. The molecule has 0 saturated heterocycles. The van der Waals surface area contributed by atoms with Crippen molar-refractivity contribution < 1.29 is 8.82 Å². The number of hydrogen-bond acceptors (Lipinski definition) is 1. The topological polar surface area (TPSA) is 9.23 Å². The van der Waals surface area contributed by atoms with E-state index in [9.17, 15) is 4.39 Å². The molecule has 0 saturated carbocycles. The Bertz CT molecular complexity index is 830. The molecule has 0 aliphatic heterocycles. The highest BCUT2D eigenvalue weighted by atomic mass is 28.4. The third-order valence-corrected chi connectivity index (χ3v) is 9.83. The Morgan fingerprint density at radius 3 is 1.69 bits per heavy atom. The second kappa shape index (κ2) is 7.08. The molecule has 1 nitrogen and oxygen atoms in total. The normalized spacial score (nSPS) is 12.0. The van der Waals surface area contributed by atoms with Gasteiger partial charge in [0.2, 0.25) is 0 Å². The van der Waals surface area contributed by atoms with Gasteiger partial charge in [0.1, 0.15) is 11.6 Å². The second-order valence-corrected chi connectivity index (χ2v) is 11.8. The number of halogens is 1. The molecule has 26 heavy (non-hydrogen) atoms. The molecule has 0 atom stereocenters. The average Bonchev–Trinajstić information content (AvgIpc) is 2.63. The first-order chi connectivity index (χ1) is 12.4. The molecule has 0 amide bonds. The highest BCUT2D eigenvalue weighted by Gasteiger charge is 2.52. The zero-order valence-electron chi connectivity index (χ0n) is 15.8. The van der Waals surface area contributed by atoms with Crippen molar-refractivity contribution in [2.45, 2.75) is 32.7 Å². The molecule has 0 N–H and O–H groups in total. The third-order valence-electron chi connectivity index (χ3n) is 4.90. The van der Waals surface area contributed by atoms with Crippen LogP contribution in [0, 0.1) is 12.7 Å². The molecule has 134 valence electrons. The Morgan fingerprint density at radius 2 is 1.23 bits per heavy atom. The standard InChI is InChI=1S/C23H25FOSi/c1-18-21(24)16-11-17-22(18)25-26(23(2,3)4,19-12-7-5-8-13-19)20-14-9-6-10-15-20/h5-17H,1-4H3. The molecule has 0 bridgehead atoms. The molecule has 0 aliphatic carbocycles. The van der Waals surface area contributed by atoms with E-state index in [1.165, 1.54) is 16.4 Å². The van der Waals surface area contributed by atoms with Gasteiger partial charge in [0, 0.05) is 5.56 Å². The summed E-state index contributed by atoms with van der Waals surface area (Å²) in [6.45, 7) is 8.43. The van der Waals surface area contributed by atoms with Gasteiger partial charge in [-0.25, -0.2) is 4.39 Å². The van der Waals surface area contributed by atoms with Gasteiger partial charge in [-0.15, -0.1) is 0 Å². The predicted octanol–water partition coefficient (Wildman–Crippen LogP) is 5.07. The lowest BCUT2D eigenvalue weighted by Gasteiger charge is -2.43. The first-order valence-electron chi connectivity index (χ1n) is 8.91. The van der Waals surface area contributed by atoms with Crippen LogP contribution in [0.2, 0.25) is 5.04 Å². The van der Waals surface area contributed by atoms with Crippen LogP contribution in [0.4, 0.5) is 4.39 Å². The maximum absolute atomic E-state index is 14.2. The molecule has 3 rings (SSSR count). The summed E-state index contributed by atoms with van der Waals surface area (Å²) in [6, 6.07) is 25.9. The van der Waals surface area contributed by atoms with Crippen molar-refractivity contribution in [2.24, 2.45) is 0 Å². The van der Waals surface area contributed by atoms with Crippen LogP contribution in [0.15, 0.2) is 78.9 Å². The Labute approximate surface area is 156 Å². The lowest BCUT2D eigenvalue weighted by molar-refractivity contribution is 0.497. The van der Waals surface area contributed by atoms with E-state index in [1.54, 1.807) is 13.0 Å². The van der Waals surface area contributed by atoms with Gasteiger partial charge in [-0.2, -0.15) is 0 Å². The lowest BCUT2D eigenvalue weighted by atomic mass is 10.2. The Morgan fingerprint density at radius 1 is 0.731 bits per heavy atom. The van der Waals surface area contributed by atoms with Crippen molar-refractivity contribution in [1.29, 1.82) is 0 Å². The van der Waals surface area contributed by atoms with E-state index in [0.29, 0.717) is 11.3 Å². The van der Waals surface area contributed by atoms with E-state index in [-0.39, 0.29) is 10.9 Å². The fourth-order valence-electron chi connectivity index (χ4n) is 3.51. The van der Waals surface area contributed by atoms with Crippen molar-refractivity contribution in [3.05, 3.63) is 90.2 Å². The summed E-state index contributed by atoms with van der Waals surface area (Å²) >= 11 is 0. The van der Waals surface area contributed by atoms with Crippen LogP contribution < -0.4 is 14.8 Å². The summed E-state index contributed by atoms with van der Waals surface area (Å²) in [5.41, 5.74) is 0.556. The Kier molecular flexibility index (Phi) is 5.01. The summed E-state index contributed by atoms with van der Waals surface area (Å²) in [4.78, 5) is 0. The fourth-order valence-corrected chi connectivity index (χ4v) is 7.99. The molecule has 3 aromatic carbocycles. The van der Waals surface area contributed by atoms with E-state index in [2.05, 4.69) is 45.0 Å². The molecule has 0 radical (unpaired) electrons. The Balaban J connectivity index is 2.29. The molecule has 0 heterocycles. The molecule has 3 aromatic rings. The Hall–Kier alpha value is -2.39. The first kappa shape index (κ1) is 18.4. The summed E-state index contributed by atoms with van der Waals surface area (Å²) < 4.78 is 21.0. The van der Waals surface area contributed by atoms with Crippen LogP contribution in [0.3, 0.4) is 0 Å². The smallest absolute Gasteiger partial charge is 0.319 e. The zero-order valence-corrected chi connectivity index (χ0v) is 16.8. The van der Waals surface area contributed by atoms with Gasteiger partial charge in [-0.1, -0.05) is 87.5 Å². The zero-order chi connectivity index (χ0) is 18.8. The average molecular weight is 365 g/mol. The molecule has 0 aromatic heterocycles. The monoisotopic (exact) mass is 364 g/mol. The van der Waals surface area contributed by atoms with Crippen LogP contribution in [-0.4, -0.2) is 8.32 Å². The van der Waals surface area contributed by atoms with Crippen molar-refractivity contribution >= 4 is 18.7 Å². The van der Waals surface area contributed by atoms with Gasteiger partial charge >= 0.3 is 8.32 Å². The van der Waals surface area contributed by atoms with Crippen molar-refractivity contribution in [2.75, 3.05) is 0 Å². The lowest BCUT2D eigenvalue weighted by Crippen LogP contribution is -2.68. The number of hydrogen-bond donors (Lipinski definition) is 0. The third kappa shape index (κ3) is 3.19. The molecule has 0 aliphatic rings. The van der Waals surface area contributed by atoms with Crippen molar-refractivity contribution in [3.8, 4) is 5.75 Å². The molecule has 0 fully saturated rings. The van der Waals surface area contributed by atoms with Gasteiger partial charge < -0.3 is 4.43 Å². The summed E-state index contributed by atoms with van der Waals surface area (Å²) in [5, 5.41) is 2.22. The minimum absolute atomic E-state index is 0.144.